The average Bonchev–Trinajstić information content (AvgIpc) is 2.49. The van der Waals surface area contributed by atoms with Gasteiger partial charge >= 0.3 is 5.97 Å². The number of hydrogen-bond acceptors (Lipinski definition) is 1. The standard InChI is InChI=1S/C9H7NO2.ClH/c11-9(12)7-1-2-8-6(5-7)3-4-10-8;/h1-5,10H,(H,11,12);1H. The van der Waals surface area contributed by atoms with E-state index in [1.54, 1.807) is 24.4 Å². The zero-order valence-electron chi connectivity index (χ0n) is 6.65. The summed E-state index contributed by atoms with van der Waals surface area (Å²) in [7, 11) is 0. The minimum Gasteiger partial charge on any atom is -0.478 e. The van der Waals surface area contributed by atoms with Crippen molar-refractivity contribution in [1.82, 2.24) is 4.98 Å². The minimum atomic E-state index is -0.891. The molecule has 0 saturated heterocycles. The first-order valence-electron chi connectivity index (χ1n) is 3.58. The Morgan fingerprint density at radius 2 is 2.08 bits per heavy atom. The normalized spacial score (nSPS) is 9.54. The lowest BCUT2D eigenvalue weighted by atomic mass is 10.1. The summed E-state index contributed by atoms with van der Waals surface area (Å²) in [4.78, 5) is 13.5. The molecule has 0 atom stereocenters. The van der Waals surface area contributed by atoms with Crippen molar-refractivity contribution < 1.29 is 9.90 Å². The Bertz CT molecular complexity index is 436. The maximum absolute atomic E-state index is 10.6. The minimum absolute atomic E-state index is 0. The summed E-state index contributed by atoms with van der Waals surface area (Å²) in [6.07, 6.45) is 1.79. The number of aromatic nitrogens is 1. The van der Waals surface area contributed by atoms with Gasteiger partial charge in [-0.25, -0.2) is 4.79 Å². The Hall–Kier alpha value is -1.48. The fraction of sp³-hybridized carbons (Fsp3) is 0. The van der Waals surface area contributed by atoms with Crippen LogP contribution < -0.4 is 0 Å². The van der Waals surface area contributed by atoms with Gasteiger partial charge in [-0.15, -0.1) is 12.4 Å². The van der Waals surface area contributed by atoms with E-state index in [9.17, 15) is 4.79 Å². The first-order chi connectivity index (χ1) is 5.77. The molecule has 0 fully saturated rings. The van der Waals surface area contributed by atoms with E-state index in [4.69, 9.17) is 5.11 Å². The number of carbonyl (C=O) groups is 1. The van der Waals surface area contributed by atoms with Crippen LogP contribution >= 0.6 is 12.4 Å². The average molecular weight is 198 g/mol. The third-order valence-electron chi connectivity index (χ3n) is 1.80. The lowest BCUT2D eigenvalue weighted by Crippen LogP contribution is -1.94. The van der Waals surface area contributed by atoms with Crippen LogP contribution in [0.15, 0.2) is 30.5 Å². The second kappa shape index (κ2) is 3.49. The Morgan fingerprint density at radius 3 is 2.77 bits per heavy atom. The summed E-state index contributed by atoms with van der Waals surface area (Å²) >= 11 is 0. The zero-order valence-corrected chi connectivity index (χ0v) is 7.47. The van der Waals surface area contributed by atoms with Gasteiger partial charge in [0.2, 0.25) is 0 Å². The van der Waals surface area contributed by atoms with E-state index in [0.717, 1.165) is 10.9 Å². The molecule has 0 aliphatic rings. The topological polar surface area (TPSA) is 53.1 Å². The van der Waals surface area contributed by atoms with Gasteiger partial charge in [0.1, 0.15) is 0 Å². The van der Waals surface area contributed by atoms with Gasteiger partial charge < -0.3 is 10.1 Å². The zero-order chi connectivity index (χ0) is 8.55. The maximum atomic E-state index is 10.6. The predicted octanol–water partition coefficient (Wildman–Crippen LogP) is 2.29. The molecular formula is C9H8ClNO2. The van der Waals surface area contributed by atoms with Gasteiger partial charge in [-0.3, -0.25) is 0 Å². The Kier molecular flexibility index (Phi) is 2.58. The monoisotopic (exact) mass is 197 g/mol. The van der Waals surface area contributed by atoms with Crippen molar-refractivity contribution in [1.29, 1.82) is 0 Å². The molecule has 2 N–H and O–H groups in total. The SMILES string of the molecule is Cl.O=C(O)c1ccc2[nH]ccc2c1. The molecule has 2 aromatic rings. The number of fused-ring (bicyclic) bond motifs is 1. The van der Waals surface area contributed by atoms with E-state index < -0.39 is 5.97 Å². The Labute approximate surface area is 80.8 Å². The molecule has 68 valence electrons. The summed E-state index contributed by atoms with van der Waals surface area (Å²) in [5.74, 6) is -0.891. The molecule has 2 rings (SSSR count). The molecule has 0 aliphatic carbocycles. The number of H-pyrrole nitrogens is 1. The van der Waals surface area contributed by atoms with Gasteiger partial charge in [-0.1, -0.05) is 0 Å². The van der Waals surface area contributed by atoms with Crippen LogP contribution in [0.25, 0.3) is 10.9 Å². The van der Waals surface area contributed by atoms with Gasteiger partial charge in [-0.05, 0) is 24.3 Å². The third kappa shape index (κ3) is 1.65. The molecule has 1 aromatic carbocycles. The van der Waals surface area contributed by atoms with Crippen molar-refractivity contribution in [2.45, 2.75) is 0 Å². The first-order valence-corrected chi connectivity index (χ1v) is 3.58. The summed E-state index contributed by atoms with van der Waals surface area (Å²) in [6.45, 7) is 0. The molecular weight excluding hydrogens is 190 g/mol. The molecule has 0 saturated carbocycles. The highest BCUT2D eigenvalue weighted by molar-refractivity contribution is 5.93. The molecule has 0 aliphatic heterocycles. The number of hydrogen-bond donors (Lipinski definition) is 2. The van der Waals surface area contributed by atoms with Gasteiger partial charge in [0.25, 0.3) is 0 Å². The van der Waals surface area contributed by atoms with Crippen molar-refractivity contribution >= 4 is 29.3 Å². The summed E-state index contributed by atoms with van der Waals surface area (Å²) in [5.41, 5.74) is 1.28. The van der Waals surface area contributed by atoms with Crippen LogP contribution in [0, 0.1) is 0 Å². The Balaban J connectivity index is 0.000000845. The lowest BCUT2D eigenvalue weighted by molar-refractivity contribution is 0.0697. The van der Waals surface area contributed by atoms with Crippen LogP contribution in [0.2, 0.25) is 0 Å². The van der Waals surface area contributed by atoms with Crippen molar-refractivity contribution in [3.63, 3.8) is 0 Å². The highest BCUT2D eigenvalue weighted by atomic mass is 35.5. The number of rotatable bonds is 1. The van der Waals surface area contributed by atoms with Crippen LogP contribution in [0.1, 0.15) is 10.4 Å². The van der Waals surface area contributed by atoms with Gasteiger partial charge in [0.05, 0.1) is 5.56 Å². The maximum Gasteiger partial charge on any atom is 0.335 e. The van der Waals surface area contributed by atoms with Crippen molar-refractivity contribution in [2.75, 3.05) is 0 Å². The smallest absolute Gasteiger partial charge is 0.335 e. The number of benzene rings is 1. The number of carboxylic acid groups (broad SMARTS) is 1. The van der Waals surface area contributed by atoms with Crippen molar-refractivity contribution in [3.05, 3.63) is 36.0 Å². The molecule has 0 amide bonds. The fourth-order valence-corrected chi connectivity index (χ4v) is 1.19. The fourth-order valence-electron chi connectivity index (χ4n) is 1.19. The predicted molar refractivity (Wildman–Crippen MR) is 52.5 cm³/mol. The largest absolute Gasteiger partial charge is 0.478 e. The third-order valence-corrected chi connectivity index (χ3v) is 1.80. The van der Waals surface area contributed by atoms with E-state index >= 15 is 0 Å². The molecule has 0 bridgehead atoms. The van der Waals surface area contributed by atoms with E-state index in [-0.39, 0.29) is 12.4 Å². The molecule has 13 heavy (non-hydrogen) atoms. The molecule has 0 spiro atoms. The second-order valence-corrected chi connectivity index (χ2v) is 2.58. The molecule has 0 unspecified atom stereocenters. The van der Waals surface area contributed by atoms with Crippen molar-refractivity contribution in [2.24, 2.45) is 0 Å². The van der Waals surface area contributed by atoms with Crippen molar-refractivity contribution in [3.8, 4) is 0 Å². The quantitative estimate of drug-likeness (QED) is 0.737. The first kappa shape index (κ1) is 9.61. The summed E-state index contributed by atoms with van der Waals surface area (Å²) in [6, 6.07) is 6.84. The van der Waals surface area contributed by atoms with E-state index in [0.29, 0.717) is 5.56 Å². The number of nitrogens with one attached hydrogen (secondary N) is 1. The van der Waals surface area contributed by atoms with Crippen LogP contribution in [0.3, 0.4) is 0 Å². The molecule has 3 nitrogen and oxygen atoms in total. The number of aromatic amines is 1. The van der Waals surface area contributed by atoms with E-state index in [1.165, 1.54) is 0 Å². The second-order valence-electron chi connectivity index (χ2n) is 2.58. The number of carboxylic acids is 1. The van der Waals surface area contributed by atoms with Gasteiger partial charge in [0, 0.05) is 17.1 Å². The molecule has 1 heterocycles. The molecule has 4 heteroatoms. The Morgan fingerprint density at radius 1 is 1.31 bits per heavy atom. The highest BCUT2D eigenvalue weighted by Gasteiger charge is 2.02. The van der Waals surface area contributed by atoms with Gasteiger partial charge in [0.15, 0.2) is 0 Å². The summed E-state index contributed by atoms with van der Waals surface area (Å²) in [5, 5.41) is 9.60. The summed E-state index contributed by atoms with van der Waals surface area (Å²) < 4.78 is 0. The lowest BCUT2D eigenvalue weighted by Gasteiger charge is -1.93. The van der Waals surface area contributed by atoms with Gasteiger partial charge in [-0.2, -0.15) is 0 Å². The number of halogens is 1. The molecule has 1 aromatic heterocycles. The molecule has 0 radical (unpaired) electrons. The van der Waals surface area contributed by atoms with Crippen LogP contribution in [0.5, 0.6) is 0 Å². The van der Waals surface area contributed by atoms with Crippen LogP contribution in [-0.4, -0.2) is 16.1 Å². The van der Waals surface area contributed by atoms with E-state index in [1.807, 2.05) is 6.07 Å². The highest BCUT2D eigenvalue weighted by Crippen LogP contribution is 2.13. The van der Waals surface area contributed by atoms with Crippen LogP contribution in [0.4, 0.5) is 0 Å². The van der Waals surface area contributed by atoms with E-state index in [2.05, 4.69) is 4.98 Å². The van der Waals surface area contributed by atoms with Crippen LogP contribution in [-0.2, 0) is 0 Å². The number of aromatic carboxylic acids is 1.